The van der Waals surface area contributed by atoms with E-state index in [2.05, 4.69) is 20.6 Å². The number of ether oxygens (including phenoxy) is 1. The summed E-state index contributed by atoms with van der Waals surface area (Å²) in [5.74, 6) is -0.0214. The molecular weight excluding hydrogens is 186 g/mol. The van der Waals surface area contributed by atoms with Gasteiger partial charge in [-0.3, -0.25) is 4.79 Å². The van der Waals surface area contributed by atoms with Crippen molar-refractivity contribution in [2.45, 2.75) is 19.4 Å². The molecule has 7 nitrogen and oxygen atoms in total. The quantitative estimate of drug-likeness (QED) is 0.633. The van der Waals surface area contributed by atoms with Crippen molar-refractivity contribution in [2.24, 2.45) is 5.73 Å². The van der Waals surface area contributed by atoms with Gasteiger partial charge in [0, 0.05) is 0 Å². The number of nitrogens with one attached hydrogen (secondary N) is 1. The average Bonchev–Trinajstić information content (AvgIpc) is 2.56. The number of H-pyrrole nitrogens is 1. The van der Waals surface area contributed by atoms with E-state index in [-0.39, 0.29) is 6.61 Å². The summed E-state index contributed by atoms with van der Waals surface area (Å²) in [5, 5.41) is 12.9. The van der Waals surface area contributed by atoms with Crippen molar-refractivity contribution >= 4 is 5.91 Å². The molecule has 0 aliphatic rings. The highest BCUT2D eigenvalue weighted by Gasteiger charge is 2.25. The summed E-state index contributed by atoms with van der Waals surface area (Å²) in [5.41, 5.74) is 4.12. The van der Waals surface area contributed by atoms with Gasteiger partial charge in [0.2, 0.25) is 5.91 Å². The summed E-state index contributed by atoms with van der Waals surface area (Å²) in [7, 11) is 0. The highest BCUT2D eigenvalue weighted by Crippen LogP contribution is 2.08. The van der Waals surface area contributed by atoms with E-state index in [1.165, 1.54) is 0 Å². The number of primary amides is 1. The summed E-state index contributed by atoms with van der Waals surface area (Å²) >= 11 is 0. The van der Waals surface area contributed by atoms with Gasteiger partial charge in [-0.1, -0.05) is 0 Å². The van der Waals surface area contributed by atoms with Gasteiger partial charge in [-0.05, 0) is 24.3 Å². The third kappa shape index (κ3) is 2.77. The van der Waals surface area contributed by atoms with Gasteiger partial charge in [0.1, 0.15) is 5.60 Å². The first-order valence-corrected chi connectivity index (χ1v) is 4.03. The summed E-state index contributed by atoms with van der Waals surface area (Å²) in [6, 6.07) is 0. The Kier molecular flexibility index (Phi) is 3.13. The van der Waals surface area contributed by atoms with Crippen molar-refractivity contribution in [1.29, 1.82) is 0 Å². The van der Waals surface area contributed by atoms with Crippen LogP contribution in [0.3, 0.4) is 0 Å². The van der Waals surface area contributed by atoms with Crippen LogP contribution in [0.4, 0.5) is 0 Å². The molecule has 77 valence electrons. The van der Waals surface area contributed by atoms with E-state index in [1.807, 2.05) is 0 Å². The predicted octanol–water partition coefficient (Wildman–Crippen LogP) is -0.967. The van der Waals surface area contributed by atoms with Crippen LogP contribution in [0.2, 0.25) is 0 Å². The number of aromatic amines is 1. The highest BCUT2D eigenvalue weighted by molar-refractivity contribution is 5.82. The zero-order valence-corrected chi connectivity index (χ0v) is 8.02. The molecule has 0 aliphatic heterocycles. The van der Waals surface area contributed by atoms with E-state index in [0.29, 0.717) is 5.82 Å². The molecule has 1 amide bonds. The number of carbonyl (C=O) groups is 1. The number of rotatable bonds is 5. The Bertz CT molecular complexity index is 295. The van der Waals surface area contributed by atoms with E-state index in [9.17, 15) is 4.79 Å². The second kappa shape index (κ2) is 4.14. The molecule has 0 aromatic carbocycles. The van der Waals surface area contributed by atoms with Crippen LogP contribution >= 0.6 is 0 Å². The standard InChI is InChI=1S/C7H12N5O2/c1-7(2,6(8)13)14-4-3-5-9-11-12-10-5/h3H,4H2,1-2H3,(H2,8,13)(H,9,10,11,12). The zero-order valence-electron chi connectivity index (χ0n) is 8.02. The van der Waals surface area contributed by atoms with Gasteiger partial charge in [0.15, 0.2) is 5.82 Å². The SMILES string of the molecule is CC(C)(OC[CH]c1nnn[nH]1)C(N)=O. The summed E-state index contributed by atoms with van der Waals surface area (Å²) in [6.07, 6.45) is 1.62. The molecular formula is C7H12N5O2. The van der Waals surface area contributed by atoms with E-state index in [1.54, 1.807) is 20.3 Å². The van der Waals surface area contributed by atoms with Crippen molar-refractivity contribution in [2.75, 3.05) is 6.61 Å². The lowest BCUT2D eigenvalue weighted by Gasteiger charge is -2.20. The van der Waals surface area contributed by atoms with Crippen molar-refractivity contribution in [3.8, 4) is 0 Å². The van der Waals surface area contributed by atoms with Crippen LogP contribution in [0.25, 0.3) is 0 Å². The van der Waals surface area contributed by atoms with Gasteiger partial charge in [0.05, 0.1) is 13.0 Å². The number of amides is 1. The highest BCUT2D eigenvalue weighted by atomic mass is 16.5. The van der Waals surface area contributed by atoms with Gasteiger partial charge in [-0.25, -0.2) is 5.10 Å². The number of nitrogens with two attached hydrogens (primary N) is 1. The van der Waals surface area contributed by atoms with E-state index < -0.39 is 11.5 Å². The second-order valence-corrected chi connectivity index (χ2v) is 3.18. The van der Waals surface area contributed by atoms with E-state index >= 15 is 0 Å². The Labute approximate surface area is 81.0 Å². The van der Waals surface area contributed by atoms with Crippen molar-refractivity contribution in [3.05, 3.63) is 12.2 Å². The average molecular weight is 198 g/mol. The Balaban J connectivity index is 2.31. The van der Waals surface area contributed by atoms with Crippen molar-refractivity contribution in [3.63, 3.8) is 0 Å². The molecule has 3 N–H and O–H groups in total. The molecule has 0 unspecified atom stereocenters. The fourth-order valence-electron chi connectivity index (χ4n) is 0.653. The Morgan fingerprint density at radius 2 is 2.43 bits per heavy atom. The van der Waals surface area contributed by atoms with Crippen LogP contribution < -0.4 is 5.73 Å². The van der Waals surface area contributed by atoms with Crippen LogP contribution in [0.5, 0.6) is 0 Å². The monoisotopic (exact) mass is 198 g/mol. The lowest BCUT2D eigenvalue weighted by molar-refractivity contribution is -0.138. The Hall–Kier alpha value is -1.50. The zero-order chi connectivity index (χ0) is 10.6. The van der Waals surface area contributed by atoms with Crippen molar-refractivity contribution in [1.82, 2.24) is 20.6 Å². The molecule has 0 bridgehead atoms. The maximum atomic E-state index is 10.8. The van der Waals surface area contributed by atoms with Gasteiger partial charge >= 0.3 is 0 Å². The smallest absolute Gasteiger partial charge is 0.249 e. The van der Waals surface area contributed by atoms with Crippen LogP contribution in [0.1, 0.15) is 19.7 Å². The van der Waals surface area contributed by atoms with Crippen LogP contribution in [0, 0.1) is 6.42 Å². The molecule has 0 spiro atoms. The molecule has 7 heteroatoms. The van der Waals surface area contributed by atoms with Crippen LogP contribution in [-0.4, -0.2) is 38.7 Å². The number of tetrazole rings is 1. The molecule has 0 saturated carbocycles. The van der Waals surface area contributed by atoms with Gasteiger partial charge in [-0.15, -0.1) is 5.10 Å². The van der Waals surface area contributed by atoms with Crippen molar-refractivity contribution < 1.29 is 9.53 Å². The second-order valence-electron chi connectivity index (χ2n) is 3.18. The summed E-state index contributed by atoms with van der Waals surface area (Å²) < 4.78 is 5.22. The molecule has 1 radical (unpaired) electrons. The molecule has 0 atom stereocenters. The maximum Gasteiger partial charge on any atom is 0.249 e. The number of hydrogen-bond acceptors (Lipinski definition) is 5. The number of carbonyl (C=O) groups excluding carboxylic acids is 1. The van der Waals surface area contributed by atoms with Crippen LogP contribution in [-0.2, 0) is 9.53 Å². The molecule has 1 aromatic rings. The molecule has 1 rings (SSSR count). The molecule has 1 aromatic heterocycles. The third-order valence-electron chi connectivity index (χ3n) is 1.68. The number of hydrogen-bond donors (Lipinski definition) is 2. The lowest BCUT2D eigenvalue weighted by Crippen LogP contribution is -2.40. The first kappa shape index (κ1) is 10.6. The molecule has 14 heavy (non-hydrogen) atoms. The van der Waals surface area contributed by atoms with Crippen LogP contribution in [0.15, 0.2) is 0 Å². The Morgan fingerprint density at radius 1 is 1.71 bits per heavy atom. The van der Waals surface area contributed by atoms with Gasteiger partial charge < -0.3 is 10.5 Å². The van der Waals surface area contributed by atoms with Gasteiger partial charge in [-0.2, -0.15) is 0 Å². The fourth-order valence-corrected chi connectivity index (χ4v) is 0.653. The van der Waals surface area contributed by atoms with E-state index in [0.717, 1.165) is 0 Å². The third-order valence-corrected chi connectivity index (χ3v) is 1.68. The largest absolute Gasteiger partial charge is 0.367 e. The summed E-state index contributed by atoms with van der Waals surface area (Å²) in [4.78, 5) is 10.8. The normalized spacial score (nSPS) is 11.6. The molecule has 0 saturated heterocycles. The molecule has 0 aliphatic carbocycles. The maximum absolute atomic E-state index is 10.8. The predicted molar refractivity (Wildman–Crippen MR) is 46.8 cm³/mol. The fraction of sp³-hybridized carbons (Fsp3) is 0.571. The first-order valence-electron chi connectivity index (χ1n) is 4.03. The topological polar surface area (TPSA) is 107 Å². The number of aromatic nitrogens is 4. The minimum Gasteiger partial charge on any atom is -0.367 e. The molecule has 0 fully saturated rings. The first-order chi connectivity index (χ1) is 6.52. The molecule has 1 heterocycles. The van der Waals surface area contributed by atoms with Gasteiger partial charge in [0.25, 0.3) is 0 Å². The van der Waals surface area contributed by atoms with E-state index in [4.69, 9.17) is 10.5 Å². The number of nitrogens with zero attached hydrogens (tertiary/aromatic N) is 3. The Morgan fingerprint density at radius 3 is 2.93 bits per heavy atom. The minimum absolute atomic E-state index is 0.215. The minimum atomic E-state index is -0.982. The lowest BCUT2D eigenvalue weighted by atomic mass is 10.1. The summed E-state index contributed by atoms with van der Waals surface area (Å²) in [6.45, 7) is 3.41.